The monoisotopic (exact) mass is 300 g/mol. The molecule has 20 heavy (non-hydrogen) atoms. The van der Waals surface area contributed by atoms with Crippen LogP contribution in [0, 0.1) is 5.92 Å². The van der Waals surface area contributed by atoms with Gasteiger partial charge in [0.05, 0.1) is 6.54 Å². The quantitative estimate of drug-likeness (QED) is 0.409. The minimum atomic E-state index is 0.577. The lowest BCUT2D eigenvalue weighted by atomic mass is 10.0. The second-order valence-electron chi connectivity index (χ2n) is 5.69. The normalized spacial score (nSPS) is 18.6. The molecular formula is C15H32N4S. The van der Waals surface area contributed by atoms with E-state index in [1.54, 1.807) is 0 Å². The van der Waals surface area contributed by atoms with E-state index < -0.39 is 0 Å². The maximum absolute atomic E-state index is 4.79. The average molecular weight is 301 g/mol. The molecule has 1 unspecified atom stereocenters. The number of guanidine groups is 1. The number of rotatable bonds is 8. The SMILES string of the molecule is CCNC(=NCC(C(C)C)N1CCCC1)NCCSC. The Balaban J connectivity index is 2.52. The van der Waals surface area contributed by atoms with E-state index in [0.717, 1.165) is 31.3 Å². The van der Waals surface area contributed by atoms with Crippen LogP contribution in [-0.2, 0) is 0 Å². The van der Waals surface area contributed by atoms with Gasteiger partial charge in [0, 0.05) is 24.9 Å². The summed E-state index contributed by atoms with van der Waals surface area (Å²) in [4.78, 5) is 7.41. The predicted molar refractivity (Wildman–Crippen MR) is 91.8 cm³/mol. The zero-order valence-corrected chi connectivity index (χ0v) is 14.4. The Hall–Kier alpha value is -0.420. The summed E-state index contributed by atoms with van der Waals surface area (Å²) in [5, 5.41) is 6.74. The lowest BCUT2D eigenvalue weighted by molar-refractivity contribution is 0.197. The molecule has 1 fully saturated rings. The second kappa shape index (κ2) is 10.3. The predicted octanol–water partition coefficient (Wildman–Crippen LogP) is 2.02. The molecule has 0 radical (unpaired) electrons. The first-order chi connectivity index (χ1) is 9.69. The molecule has 0 bridgehead atoms. The summed E-state index contributed by atoms with van der Waals surface area (Å²) in [6.45, 7) is 12.0. The Kier molecular flexibility index (Phi) is 9.10. The van der Waals surface area contributed by atoms with Crippen LogP contribution in [0.25, 0.3) is 0 Å². The number of nitrogens with one attached hydrogen (secondary N) is 2. The number of nitrogens with zero attached hydrogens (tertiary/aromatic N) is 2. The van der Waals surface area contributed by atoms with Crippen molar-refractivity contribution in [3.8, 4) is 0 Å². The summed E-state index contributed by atoms with van der Waals surface area (Å²) in [6.07, 6.45) is 4.83. The van der Waals surface area contributed by atoms with Gasteiger partial charge in [0.1, 0.15) is 0 Å². The Morgan fingerprint density at radius 2 is 1.95 bits per heavy atom. The summed E-state index contributed by atoms with van der Waals surface area (Å²) in [5.74, 6) is 2.74. The van der Waals surface area contributed by atoms with Gasteiger partial charge < -0.3 is 10.6 Å². The van der Waals surface area contributed by atoms with Crippen molar-refractivity contribution in [2.45, 2.75) is 39.7 Å². The highest BCUT2D eigenvalue weighted by Crippen LogP contribution is 2.17. The van der Waals surface area contributed by atoms with E-state index in [1.165, 1.54) is 25.9 Å². The summed E-state index contributed by atoms with van der Waals surface area (Å²) in [5.41, 5.74) is 0. The third-order valence-electron chi connectivity index (χ3n) is 3.76. The van der Waals surface area contributed by atoms with Crippen molar-refractivity contribution in [1.82, 2.24) is 15.5 Å². The van der Waals surface area contributed by atoms with Crippen LogP contribution < -0.4 is 10.6 Å². The van der Waals surface area contributed by atoms with Crippen LogP contribution in [0.4, 0.5) is 0 Å². The molecule has 0 saturated carbocycles. The minimum Gasteiger partial charge on any atom is -0.357 e. The molecule has 0 aromatic rings. The molecule has 0 amide bonds. The summed E-state index contributed by atoms with van der Waals surface area (Å²) in [6, 6.07) is 0.577. The van der Waals surface area contributed by atoms with Gasteiger partial charge in [0.2, 0.25) is 0 Å². The molecule has 1 aliphatic rings. The van der Waals surface area contributed by atoms with Crippen molar-refractivity contribution in [2.24, 2.45) is 10.9 Å². The van der Waals surface area contributed by atoms with Crippen LogP contribution in [0.5, 0.6) is 0 Å². The molecular weight excluding hydrogens is 268 g/mol. The highest BCUT2D eigenvalue weighted by molar-refractivity contribution is 7.98. The third kappa shape index (κ3) is 6.35. The molecule has 2 N–H and O–H groups in total. The highest BCUT2D eigenvalue weighted by atomic mass is 32.2. The first-order valence-electron chi connectivity index (χ1n) is 7.94. The molecule has 0 spiro atoms. The summed E-state index contributed by atoms with van der Waals surface area (Å²) in [7, 11) is 0. The van der Waals surface area contributed by atoms with E-state index in [9.17, 15) is 0 Å². The van der Waals surface area contributed by atoms with Crippen LogP contribution in [0.2, 0.25) is 0 Å². The zero-order chi connectivity index (χ0) is 14.8. The van der Waals surface area contributed by atoms with Crippen LogP contribution in [0.1, 0.15) is 33.6 Å². The number of thioether (sulfide) groups is 1. The Morgan fingerprint density at radius 1 is 1.25 bits per heavy atom. The first-order valence-corrected chi connectivity index (χ1v) is 9.33. The topological polar surface area (TPSA) is 39.7 Å². The van der Waals surface area contributed by atoms with Crippen LogP contribution in [-0.4, -0.2) is 61.6 Å². The van der Waals surface area contributed by atoms with Gasteiger partial charge in [-0.15, -0.1) is 0 Å². The van der Waals surface area contributed by atoms with E-state index in [0.29, 0.717) is 12.0 Å². The number of hydrogen-bond acceptors (Lipinski definition) is 3. The third-order valence-corrected chi connectivity index (χ3v) is 4.37. The molecule has 1 heterocycles. The van der Waals surface area contributed by atoms with Crippen LogP contribution in [0.3, 0.4) is 0 Å². The Bertz CT molecular complexity index is 275. The lowest BCUT2D eigenvalue weighted by Gasteiger charge is -2.29. The fraction of sp³-hybridized carbons (Fsp3) is 0.933. The van der Waals surface area contributed by atoms with Crippen molar-refractivity contribution in [3.05, 3.63) is 0 Å². The van der Waals surface area contributed by atoms with E-state index in [-0.39, 0.29) is 0 Å². The van der Waals surface area contributed by atoms with Crippen molar-refractivity contribution in [1.29, 1.82) is 0 Å². The molecule has 0 aliphatic carbocycles. The molecule has 0 aromatic carbocycles. The van der Waals surface area contributed by atoms with Crippen LogP contribution >= 0.6 is 11.8 Å². The summed E-state index contributed by atoms with van der Waals surface area (Å²) >= 11 is 1.86. The van der Waals surface area contributed by atoms with Crippen molar-refractivity contribution in [2.75, 3.05) is 44.7 Å². The molecule has 1 rings (SSSR count). The van der Waals surface area contributed by atoms with E-state index in [2.05, 4.69) is 42.6 Å². The summed E-state index contributed by atoms with van der Waals surface area (Å²) < 4.78 is 0. The van der Waals surface area contributed by atoms with Gasteiger partial charge in [-0.25, -0.2) is 0 Å². The fourth-order valence-electron chi connectivity index (χ4n) is 2.62. The van der Waals surface area contributed by atoms with Crippen molar-refractivity contribution < 1.29 is 0 Å². The van der Waals surface area contributed by atoms with Gasteiger partial charge in [-0.05, 0) is 45.0 Å². The highest BCUT2D eigenvalue weighted by Gasteiger charge is 2.24. The number of likely N-dealkylation sites (tertiary alicyclic amines) is 1. The maximum atomic E-state index is 4.79. The smallest absolute Gasteiger partial charge is 0.191 e. The molecule has 1 atom stereocenters. The average Bonchev–Trinajstić information content (AvgIpc) is 2.92. The van der Waals surface area contributed by atoms with Crippen molar-refractivity contribution >= 4 is 17.7 Å². The van der Waals surface area contributed by atoms with Crippen LogP contribution in [0.15, 0.2) is 4.99 Å². The largest absolute Gasteiger partial charge is 0.357 e. The molecule has 4 nitrogen and oxygen atoms in total. The van der Waals surface area contributed by atoms with Gasteiger partial charge in [-0.1, -0.05) is 13.8 Å². The van der Waals surface area contributed by atoms with Gasteiger partial charge in [0.25, 0.3) is 0 Å². The lowest BCUT2D eigenvalue weighted by Crippen LogP contribution is -2.42. The number of hydrogen-bond donors (Lipinski definition) is 2. The van der Waals surface area contributed by atoms with E-state index >= 15 is 0 Å². The molecule has 5 heteroatoms. The van der Waals surface area contributed by atoms with Gasteiger partial charge in [-0.3, -0.25) is 9.89 Å². The second-order valence-corrected chi connectivity index (χ2v) is 6.68. The maximum Gasteiger partial charge on any atom is 0.191 e. The van der Waals surface area contributed by atoms with Gasteiger partial charge in [0.15, 0.2) is 5.96 Å². The number of aliphatic imine (C=N–C) groups is 1. The van der Waals surface area contributed by atoms with Crippen molar-refractivity contribution in [3.63, 3.8) is 0 Å². The minimum absolute atomic E-state index is 0.577. The molecule has 1 aliphatic heterocycles. The van der Waals surface area contributed by atoms with E-state index in [4.69, 9.17) is 4.99 Å². The van der Waals surface area contributed by atoms with Gasteiger partial charge in [-0.2, -0.15) is 11.8 Å². The van der Waals surface area contributed by atoms with Gasteiger partial charge >= 0.3 is 0 Å². The zero-order valence-electron chi connectivity index (χ0n) is 13.6. The Labute approximate surface area is 129 Å². The molecule has 0 aromatic heterocycles. The first kappa shape index (κ1) is 17.6. The fourth-order valence-corrected chi connectivity index (χ4v) is 2.93. The standard InChI is InChI=1S/C15H32N4S/c1-5-16-15(17-8-11-20-4)18-12-14(13(2)3)19-9-6-7-10-19/h13-14H,5-12H2,1-4H3,(H2,16,17,18). The molecule has 118 valence electrons. The Morgan fingerprint density at radius 3 is 2.50 bits per heavy atom. The molecule has 1 saturated heterocycles. The van der Waals surface area contributed by atoms with E-state index in [1.807, 2.05) is 11.8 Å².